The lowest BCUT2D eigenvalue weighted by Crippen LogP contribution is -2.13. The fourth-order valence-corrected chi connectivity index (χ4v) is 2.05. The minimum absolute atomic E-state index is 0.0467. The molecule has 0 amide bonds. The third-order valence-electron chi connectivity index (χ3n) is 3.16. The van der Waals surface area contributed by atoms with Crippen molar-refractivity contribution in [3.8, 4) is 17.5 Å². The summed E-state index contributed by atoms with van der Waals surface area (Å²) >= 11 is 0. The van der Waals surface area contributed by atoms with Crippen LogP contribution in [0.4, 0.5) is 5.69 Å². The first kappa shape index (κ1) is 15.1. The van der Waals surface area contributed by atoms with Gasteiger partial charge in [0.1, 0.15) is 12.1 Å². The molecule has 5 heteroatoms. The Morgan fingerprint density at radius 3 is 2.38 bits per heavy atom. The number of hydrogen-bond donors (Lipinski definition) is 1. The van der Waals surface area contributed by atoms with Crippen molar-refractivity contribution in [2.24, 2.45) is 0 Å². The zero-order valence-corrected chi connectivity index (χ0v) is 13.1. The maximum absolute atomic E-state index is 5.96. The average molecular weight is 287 g/mol. The molecule has 0 atom stereocenters. The maximum atomic E-state index is 5.96. The number of aryl methyl sites for hydroxylation is 1. The Morgan fingerprint density at radius 1 is 1.10 bits per heavy atom. The molecule has 0 bridgehead atoms. The number of nitrogen functional groups attached to an aromatic ring is 1. The van der Waals surface area contributed by atoms with Gasteiger partial charge in [-0.25, -0.2) is 0 Å². The van der Waals surface area contributed by atoms with E-state index < -0.39 is 0 Å². The Labute approximate surface area is 125 Å². The van der Waals surface area contributed by atoms with Crippen LogP contribution in [-0.4, -0.2) is 17.1 Å². The van der Waals surface area contributed by atoms with Crippen LogP contribution in [0.3, 0.4) is 0 Å². The molecule has 0 spiro atoms. The van der Waals surface area contributed by atoms with Gasteiger partial charge in [-0.15, -0.1) is 0 Å². The van der Waals surface area contributed by atoms with E-state index >= 15 is 0 Å². The SMILES string of the molecule is COc1ncnc(Oc2cc(C)ccc2C(C)(C)C)c1N. The lowest BCUT2D eigenvalue weighted by atomic mass is 9.86. The summed E-state index contributed by atoms with van der Waals surface area (Å²) in [5.41, 5.74) is 8.41. The molecule has 0 fully saturated rings. The number of hydrogen-bond acceptors (Lipinski definition) is 5. The second-order valence-electron chi connectivity index (χ2n) is 5.95. The molecule has 5 nitrogen and oxygen atoms in total. The molecule has 0 saturated carbocycles. The van der Waals surface area contributed by atoms with Gasteiger partial charge < -0.3 is 15.2 Å². The lowest BCUT2D eigenvalue weighted by Gasteiger charge is -2.23. The van der Waals surface area contributed by atoms with Crippen LogP contribution in [0.5, 0.6) is 17.5 Å². The number of anilines is 1. The standard InChI is InChI=1S/C16H21N3O2/c1-10-6-7-11(16(2,3)4)12(8-10)21-15-13(17)14(20-5)18-9-19-15/h6-9H,17H2,1-5H3. The quantitative estimate of drug-likeness (QED) is 0.936. The number of aromatic nitrogens is 2. The molecule has 2 aromatic rings. The number of rotatable bonds is 3. The fraction of sp³-hybridized carbons (Fsp3) is 0.375. The molecule has 0 saturated heterocycles. The number of nitrogens with two attached hydrogens (primary N) is 1. The predicted octanol–water partition coefficient (Wildman–Crippen LogP) is 3.47. The molecular formula is C16H21N3O2. The van der Waals surface area contributed by atoms with E-state index in [0.29, 0.717) is 17.4 Å². The Morgan fingerprint density at radius 2 is 1.76 bits per heavy atom. The third-order valence-corrected chi connectivity index (χ3v) is 3.16. The molecule has 112 valence electrons. The van der Waals surface area contributed by atoms with Gasteiger partial charge in [0, 0.05) is 5.56 Å². The topological polar surface area (TPSA) is 70.3 Å². The summed E-state index contributed by atoms with van der Waals surface area (Å²) in [7, 11) is 1.51. The summed E-state index contributed by atoms with van der Waals surface area (Å²) < 4.78 is 11.0. The first-order valence-corrected chi connectivity index (χ1v) is 6.76. The molecule has 1 aromatic carbocycles. The second-order valence-corrected chi connectivity index (χ2v) is 5.95. The minimum atomic E-state index is -0.0467. The largest absolute Gasteiger partial charge is 0.479 e. The molecule has 0 aliphatic rings. The van der Waals surface area contributed by atoms with Gasteiger partial charge in [-0.05, 0) is 24.0 Å². The Balaban J connectivity index is 2.47. The lowest BCUT2D eigenvalue weighted by molar-refractivity contribution is 0.389. The van der Waals surface area contributed by atoms with Gasteiger partial charge in [0.2, 0.25) is 11.8 Å². The van der Waals surface area contributed by atoms with Gasteiger partial charge in [0.05, 0.1) is 7.11 Å². The summed E-state index contributed by atoms with van der Waals surface area (Å²) in [6.45, 7) is 8.42. The van der Waals surface area contributed by atoms with Gasteiger partial charge in [-0.3, -0.25) is 0 Å². The molecular weight excluding hydrogens is 266 g/mol. The van der Waals surface area contributed by atoms with Crippen molar-refractivity contribution in [2.75, 3.05) is 12.8 Å². The van der Waals surface area contributed by atoms with Gasteiger partial charge in [0.15, 0.2) is 5.69 Å². The number of nitrogens with zero attached hydrogens (tertiary/aromatic N) is 2. The van der Waals surface area contributed by atoms with Crippen LogP contribution >= 0.6 is 0 Å². The van der Waals surface area contributed by atoms with E-state index in [-0.39, 0.29) is 5.41 Å². The van der Waals surface area contributed by atoms with Crippen molar-refractivity contribution < 1.29 is 9.47 Å². The van der Waals surface area contributed by atoms with E-state index in [0.717, 1.165) is 16.9 Å². The minimum Gasteiger partial charge on any atom is -0.479 e. The smallest absolute Gasteiger partial charge is 0.249 e. The van der Waals surface area contributed by atoms with Crippen LogP contribution in [0.15, 0.2) is 24.5 Å². The highest BCUT2D eigenvalue weighted by Gasteiger charge is 2.21. The summed E-state index contributed by atoms with van der Waals surface area (Å²) in [5, 5.41) is 0. The highest BCUT2D eigenvalue weighted by molar-refractivity contribution is 5.57. The van der Waals surface area contributed by atoms with Crippen LogP contribution in [0.1, 0.15) is 31.9 Å². The maximum Gasteiger partial charge on any atom is 0.249 e. The Bertz CT molecular complexity index is 648. The van der Waals surface area contributed by atoms with E-state index in [1.54, 1.807) is 0 Å². The van der Waals surface area contributed by atoms with Crippen molar-refractivity contribution in [3.05, 3.63) is 35.7 Å². The number of benzene rings is 1. The molecule has 21 heavy (non-hydrogen) atoms. The summed E-state index contributed by atoms with van der Waals surface area (Å²) in [6.07, 6.45) is 1.37. The van der Waals surface area contributed by atoms with E-state index in [4.69, 9.17) is 15.2 Å². The van der Waals surface area contributed by atoms with Crippen molar-refractivity contribution in [1.29, 1.82) is 0 Å². The summed E-state index contributed by atoms with van der Waals surface area (Å²) in [4.78, 5) is 8.05. The first-order valence-electron chi connectivity index (χ1n) is 6.76. The molecule has 0 radical (unpaired) electrons. The normalized spacial score (nSPS) is 11.3. The third kappa shape index (κ3) is 3.24. The highest BCUT2D eigenvalue weighted by atomic mass is 16.5. The fourth-order valence-electron chi connectivity index (χ4n) is 2.05. The van der Waals surface area contributed by atoms with Crippen molar-refractivity contribution in [2.45, 2.75) is 33.1 Å². The monoisotopic (exact) mass is 287 g/mol. The van der Waals surface area contributed by atoms with Gasteiger partial charge in [0.25, 0.3) is 0 Å². The zero-order chi connectivity index (χ0) is 15.6. The highest BCUT2D eigenvalue weighted by Crippen LogP contribution is 2.37. The Kier molecular flexibility index (Phi) is 4.02. The number of ether oxygens (including phenoxy) is 2. The molecule has 0 unspecified atom stereocenters. The van der Waals surface area contributed by atoms with Crippen LogP contribution in [0, 0.1) is 6.92 Å². The average Bonchev–Trinajstić information content (AvgIpc) is 2.40. The van der Waals surface area contributed by atoms with Crippen molar-refractivity contribution >= 4 is 5.69 Å². The first-order chi connectivity index (χ1) is 9.82. The number of methoxy groups -OCH3 is 1. The zero-order valence-electron chi connectivity index (χ0n) is 13.1. The molecule has 2 N–H and O–H groups in total. The molecule has 1 aromatic heterocycles. The molecule has 2 rings (SSSR count). The van der Waals surface area contributed by atoms with Gasteiger partial charge >= 0.3 is 0 Å². The van der Waals surface area contributed by atoms with E-state index in [9.17, 15) is 0 Å². The van der Waals surface area contributed by atoms with E-state index in [1.165, 1.54) is 13.4 Å². The predicted molar refractivity (Wildman–Crippen MR) is 82.9 cm³/mol. The Hall–Kier alpha value is -2.30. The van der Waals surface area contributed by atoms with E-state index in [1.807, 2.05) is 13.0 Å². The van der Waals surface area contributed by atoms with Crippen LogP contribution in [-0.2, 0) is 5.41 Å². The summed E-state index contributed by atoms with van der Waals surface area (Å²) in [6, 6.07) is 6.12. The molecule has 0 aliphatic carbocycles. The van der Waals surface area contributed by atoms with Crippen LogP contribution < -0.4 is 15.2 Å². The van der Waals surface area contributed by atoms with E-state index in [2.05, 4.69) is 42.9 Å². The van der Waals surface area contributed by atoms with Crippen molar-refractivity contribution in [1.82, 2.24) is 9.97 Å². The van der Waals surface area contributed by atoms with Gasteiger partial charge in [-0.1, -0.05) is 32.9 Å². The van der Waals surface area contributed by atoms with Crippen molar-refractivity contribution in [3.63, 3.8) is 0 Å². The van der Waals surface area contributed by atoms with Crippen LogP contribution in [0.25, 0.3) is 0 Å². The molecule has 1 heterocycles. The summed E-state index contributed by atoms with van der Waals surface area (Å²) in [5.74, 6) is 1.36. The van der Waals surface area contributed by atoms with Gasteiger partial charge in [-0.2, -0.15) is 9.97 Å². The second kappa shape index (κ2) is 5.60. The van der Waals surface area contributed by atoms with Crippen LogP contribution in [0.2, 0.25) is 0 Å². The molecule has 0 aliphatic heterocycles.